The van der Waals surface area contributed by atoms with Crippen LogP contribution < -0.4 is 31.9 Å². The van der Waals surface area contributed by atoms with Crippen molar-refractivity contribution in [2.75, 3.05) is 158 Å². The van der Waals surface area contributed by atoms with Gasteiger partial charge in [0, 0.05) is 167 Å². The van der Waals surface area contributed by atoms with Gasteiger partial charge >= 0.3 is 23.5 Å². The van der Waals surface area contributed by atoms with E-state index < -0.39 is 202 Å². The molecule has 6 rings (SSSR count). The van der Waals surface area contributed by atoms with Crippen LogP contribution in [0.4, 0.5) is 0 Å². The van der Waals surface area contributed by atoms with Gasteiger partial charge in [-0.2, -0.15) is 0 Å². The number of hydrogen-bond donors (Lipinski definition) is 18. The summed E-state index contributed by atoms with van der Waals surface area (Å²) in [6.45, 7) is 4.15. The minimum absolute atomic E-state index is 0.00157. The highest BCUT2D eigenvalue weighted by Gasteiger charge is 2.50. The second-order valence-corrected chi connectivity index (χ2v) is 39.6. The van der Waals surface area contributed by atoms with E-state index in [1.54, 1.807) is 28.5 Å². The number of amides is 9. The molecule has 3 unspecified atom stereocenters. The molecule has 0 saturated carbocycles. The lowest BCUT2D eigenvalue weighted by atomic mass is 9.80. The molecular formula is C83H150N9O37P3. The van der Waals surface area contributed by atoms with Crippen LogP contribution in [-0.2, 0) is 117 Å². The summed E-state index contributed by atoms with van der Waals surface area (Å²) in [5.41, 5.74) is -3.74. The van der Waals surface area contributed by atoms with Gasteiger partial charge in [-0.15, -0.1) is 0 Å². The summed E-state index contributed by atoms with van der Waals surface area (Å²) in [6, 6.07) is -3.04. The molecule has 18 N–H and O–H groups in total. The maximum atomic E-state index is 14.2. The van der Waals surface area contributed by atoms with Gasteiger partial charge in [-0.1, -0.05) is 26.2 Å². The van der Waals surface area contributed by atoms with E-state index in [-0.39, 0.29) is 191 Å². The number of phosphoric ester groups is 3. The van der Waals surface area contributed by atoms with Crippen molar-refractivity contribution in [2.24, 2.45) is 22.2 Å². The quantitative estimate of drug-likeness (QED) is 0.0280. The molecule has 764 valence electrons. The van der Waals surface area contributed by atoms with Gasteiger partial charge in [0.1, 0.15) is 54.7 Å². The first-order valence-electron chi connectivity index (χ1n) is 46.3. The summed E-state index contributed by atoms with van der Waals surface area (Å²) in [5.74, 6) is -3.05. The highest BCUT2D eigenvalue weighted by Crippen LogP contribution is 2.53. The maximum Gasteiger partial charge on any atom is 0.472 e. The zero-order chi connectivity index (χ0) is 97.1. The van der Waals surface area contributed by atoms with Gasteiger partial charge in [0.2, 0.25) is 53.2 Å². The molecule has 6 aliphatic rings. The minimum atomic E-state index is -5.17. The lowest BCUT2D eigenvalue weighted by Crippen LogP contribution is -2.64. The predicted molar refractivity (Wildman–Crippen MR) is 467 cm³/mol. The third-order valence-corrected chi connectivity index (χ3v) is 27.6. The number of ether oxygens (including phenoxy) is 7. The highest BCUT2D eigenvalue weighted by atomic mass is 31.2. The molecule has 6 saturated heterocycles. The number of piperidine rings is 3. The van der Waals surface area contributed by atoms with E-state index in [0.29, 0.717) is 123 Å². The molecule has 18 atom stereocenters. The summed E-state index contributed by atoms with van der Waals surface area (Å²) in [4.78, 5) is 153. The Morgan fingerprint density at radius 1 is 0.364 bits per heavy atom. The Balaban J connectivity index is 0.978. The third-order valence-electron chi connectivity index (χ3n) is 24.8. The molecule has 9 amide bonds. The minimum Gasteiger partial charge on any atom is -0.396 e. The van der Waals surface area contributed by atoms with Gasteiger partial charge in [-0.05, 0) is 122 Å². The number of nitrogens with zero attached hydrogens (tertiary/aromatic N) is 3. The number of phosphoric acid groups is 3. The molecular weight excluding hydrogens is 1810 g/mol. The summed E-state index contributed by atoms with van der Waals surface area (Å²) in [7, 11) is -15.0. The fourth-order valence-electron chi connectivity index (χ4n) is 16.2. The van der Waals surface area contributed by atoms with Crippen molar-refractivity contribution in [3.63, 3.8) is 0 Å². The van der Waals surface area contributed by atoms with E-state index in [0.717, 1.165) is 0 Å². The van der Waals surface area contributed by atoms with Crippen molar-refractivity contribution in [1.82, 2.24) is 46.6 Å². The van der Waals surface area contributed by atoms with E-state index in [1.807, 2.05) is 0 Å². The molecule has 0 bridgehead atoms. The first kappa shape index (κ1) is 116. The molecule has 6 fully saturated rings. The lowest BCUT2D eigenvalue weighted by molar-refractivity contribution is -0.270. The maximum absolute atomic E-state index is 14.2. The van der Waals surface area contributed by atoms with Gasteiger partial charge in [0.05, 0.1) is 84.9 Å². The Morgan fingerprint density at radius 3 is 0.955 bits per heavy atom. The second-order valence-electron chi connectivity index (χ2n) is 35.2. The van der Waals surface area contributed by atoms with Crippen molar-refractivity contribution in [1.29, 1.82) is 0 Å². The normalized spacial score (nSPS) is 26.8. The highest BCUT2D eigenvalue weighted by molar-refractivity contribution is 7.48. The molecule has 49 heteroatoms. The van der Waals surface area contributed by atoms with Crippen molar-refractivity contribution in [2.45, 2.75) is 294 Å². The van der Waals surface area contributed by atoms with Gasteiger partial charge in [0.15, 0.2) is 18.9 Å². The summed E-state index contributed by atoms with van der Waals surface area (Å²) < 4.78 is 114. The summed E-state index contributed by atoms with van der Waals surface area (Å²) in [6.07, 6.45) is -4.27. The Kier molecular flexibility index (Phi) is 52.0. The Morgan fingerprint density at radius 2 is 0.652 bits per heavy atom. The fraction of sp³-hybridized carbons (Fsp3) is 0.892. The van der Waals surface area contributed by atoms with Crippen LogP contribution in [0.3, 0.4) is 0 Å². The van der Waals surface area contributed by atoms with Gasteiger partial charge in [0.25, 0.3) is 0 Å². The smallest absolute Gasteiger partial charge is 0.396 e. The number of carbonyl (C=O) groups is 9. The average Bonchev–Trinajstić information content (AvgIpc) is 0.809. The molecule has 0 spiro atoms. The van der Waals surface area contributed by atoms with Gasteiger partial charge in [-0.25, -0.2) is 13.7 Å². The van der Waals surface area contributed by atoms with E-state index in [4.69, 9.17) is 60.3 Å². The number of carbonyl (C=O) groups excluding carboxylic acids is 9. The molecule has 6 aliphatic heterocycles. The Hall–Kier alpha value is -5.08. The molecule has 46 nitrogen and oxygen atoms in total. The number of likely N-dealkylation sites (tertiary alicyclic amines) is 3. The van der Waals surface area contributed by atoms with Gasteiger partial charge < -0.3 is 140 Å². The molecule has 0 aromatic rings. The number of aliphatic hydroxyl groups excluding tert-OH is 9. The molecule has 0 aromatic carbocycles. The van der Waals surface area contributed by atoms with Crippen molar-refractivity contribution in [3.05, 3.63) is 0 Å². The van der Waals surface area contributed by atoms with Crippen molar-refractivity contribution in [3.8, 4) is 0 Å². The van der Waals surface area contributed by atoms with Gasteiger partial charge in [-0.3, -0.25) is 70.3 Å². The Labute approximate surface area is 771 Å². The molecule has 0 aliphatic carbocycles. The van der Waals surface area contributed by atoms with Crippen LogP contribution in [0, 0.1) is 22.2 Å². The number of rotatable bonds is 63. The average molecular weight is 1960 g/mol. The first-order valence-corrected chi connectivity index (χ1v) is 50.8. The zero-order valence-corrected chi connectivity index (χ0v) is 79.7. The molecule has 6 heterocycles. The van der Waals surface area contributed by atoms with E-state index in [1.165, 1.54) is 20.8 Å². The SMILES string of the molecule is CCOCCOP(=O)(O)OCC1(COP(=O)(O)OCC2(COP(=O)(O)OCC3(CO)CCN(C(=O)CCCCCNC(=O)CCCCO[C@@H]4O[C@H](CO)[C@H](O)[C@H](O)[C@H]4NC(C)=O)CC3)CCN(C(=O)CCCCCNC(=O)CCCCO[C@@H]3O[C@H](CO)[C@H](C)[C@H](O)[C@H]3NC(C)=O)CC2)CCN(C(=O)CCCCCNC(=O)CCCCO[C@@H]2O[C@H](CO)[C@H](O)[C@H](O)[C@H]2NC(C)=O)CC1. The fourth-order valence-corrected chi connectivity index (χ4v) is 18.9. The standard InChI is InChI=1S/C83H150N9O37P3/c1-6-117-46-47-121-130(111,112)123-53-82(30-39-91(40-31-82)68(104)26-11-8-18-36-86-66(102)24-15-21-45-120-80-72(89-60(5)99)77(110)75(108)63(50-95)129-80)54-125-132(115,116)126-56-83(32-41-92(42-33-83)69(105)27-12-9-17-35-84-64(100)22-13-19-43-118-78-70(87-58(3)97)73(106)57(2)61(48-93)127-78)55-124-131(113,114)122-52-81(51-96)28-37-90(38-29-81)67(103)25-10-7-16-34-85-65(101)23-14-20-44-119-79-71(88-59(4)98)76(109)74(107)62(49-94)128-79/h57,61-63,70-80,93-96,106-110H,6-56H2,1-5H3,(H,84,100)(H,85,101)(H,86,102)(H,87,97)(H,88,98)(H,89,99)(H,111,112)(H,113,114)(H,115,116)/t57-,61+,62+,63+,70+,71+,72+,73-,74-,75-,76+,77+,78+,79+,80+/m0/s1. The van der Waals surface area contributed by atoms with Crippen LogP contribution in [0.25, 0.3) is 0 Å². The monoisotopic (exact) mass is 1960 g/mol. The number of nitrogens with one attached hydrogen (secondary N) is 6. The number of aliphatic hydroxyl groups is 9. The summed E-state index contributed by atoms with van der Waals surface area (Å²) in [5, 5.41) is 108. The van der Waals surface area contributed by atoms with Crippen LogP contribution in [0.5, 0.6) is 0 Å². The number of unbranched alkanes of at least 4 members (excludes halogenated alkanes) is 9. The Bertz CT molecular complexity index is 3630. The number of hydrogen-bond acceptors (Lipinski definition) is 34. The molecule has 132 heavy (non-hydrogen) atoms. The summed E-state index contributed by atoms with van der Waals surface area (Å²) >= 11 is 0. The van der Waals surface area contributed by atoms with E-state index in [2.05, 4.69) is 31.9 Å². The van der Waals surface area contributed by atoms with E-state index in [9.17, 15) is 117 Å². The topological polar surface area (TPSA) is 649 Å². The largest absolute Gasteiger partial charge is 0.472 e. The van der Waals surface area contributed by atoms with E-state index >= 15 is 0 Å². The van der Waals surface area contributed by atoms with Crippen LogP contribution in [0.1, 0.15) is 208 Å². The van der Waals surface area contributed by atoms with Crippen LogP contribution in [-0.4, -0.2) is 372 Å². The van der Waals surface area contributed by atoms with Crippen LogP contribution in [0.2, 0.25) is 0 Å². The molecule has 0 radical (unpaired) electrons. The second kappa shape index (κ2) is 59.4. The third kappa shape index (κ3) is 40.8. The molecule has 0 aromatic heterocycles. The van der Waals surface area contributed by atoms with Crippen LogP contribution >= 0.6 is 23.5 Å². The lowest BCUT2D eigenvalue weighted by Gasteiger charge is -2.43. The first-order chi connectivity index (χ1) is 62.8. The zero-order valence-electron chi connectivity index (χ0n) is 77.0. The van der Waals surface area contributed by atoms with Crippen molar-refractivity contribution >= 4 is 76.6 Å². The van der Waals surface area contributed by atoms with Crippen molar-refractivity contribution < 1.29 is 178 Å². The predicted octanol–water partition coefficient (Wildman–Crippen LogP) is -0.0608. The van der Waals surface area contributed by atoms with Crippen LogP contribution in [0.15, 0.2) is 0 Å².